The number of carbonyl (C=O) groups excluding carboxylic acids is 1. The number of hydrogen-bond donors (Lipinski definition) is 4. The molecular formula is C33H59NO4. The summed E-state index contributed by atoms with van der Waals surface area (Å²) in [7, 11) is 0. The van der Waals surface area contributed by atoms with Crippen LogP contribution in [-0.2, 0) is 4.79 Å². The Bertz CT molecular complexity index is 641. The van der Waals surface area contributed by atoms with Gasteiger partial charge in [-0.25, -0.2) is 0 Å². The number of nitrogens with one attached hydrogen (secondary N) is 1. The first kappa shape index (κ1) is 36.3. The van der Waals surface area contributed by atoms with Crippen LogP contribution >= 0.6 is 0 Å². The summed E-state index contributed by atoms with van der Waals surface area (Å²) in [5.74, 6) is -0.345. The summed E-state index contributed by atoms with van der Waals surface area (Å²) >= 11 is 0. The van der Waals surface area contributed by atoms with Gasteiger partial charge in [0, 0.05) is 0 Å². The topological polar surface area (TPSA) is 89.8 Å². The summed E-state index contributed by atoms with van der Waals surface area (Å²) in [6.45, 7) is 4.08. The Balaban J connectivity index is 3.91. The van der Waals surface area contributed by atoms with E-state index in [2.05, 4.69) is 55.6 Å². The first-order chi connectivity index (χ1) is 18.5. The maximum Gasteiger partial charge on any atom is 0.222 e. The minimum Gasteiger partial charge on any atom is -0.394 e. The van der Waals surface area contributed by atoms with E-state index in [0.29, 0.717) is 6.42 Å². The van der Waals surface area contributed by atoms with Gasteiger partial charge in [-0.15, -0.1) is 0 Å². The zero-order chi connectivity index (χ0) is 28.1. The van der Waals surface area contributed by atoms with Crippen LogP contribution in [0.3, 0.4) is 0 Å². The molecule has 5 heteroatoms. The number of amides is 1. The normalized spacial score (nSPS) is 14.8. The Morgan fingerprint density at radius 3 is 1.87 bits per heavy atom. The quantitative estimate of drug-likeness (QED) is 0.0527. The third kappa shape index (κ3) is 24.6. The Hall–Kier alpha value is -1.69. The van der Waals surface area contributed by atoms with Crippen LogP contribution in [0.4, 0.5) is 0 Å². The van der Waals surface area contributed by atoms with Gasteiger partial charge < -0.3 is 20.6 Å². The van der Waals surface area contributed by atoms with Crippen LogP contribution in [-0.4, -0.2) is 46.1 Å². The van der Waals surface area contributed by atoms with E-state index in [0.717, 1.165) is 57.8 Å². The molecule has 4 N–H and O–H groups in total. The van der Waals surface area contributed by atoms with Crippen molar-refractivity contribution in [3.63, 3.8) is 0 Å². The zero-order valence-corrected chi connectivity index (χ0v) is 24.5. The van der Waals surface area contributed by atoms with E-state index in [1.165, 1.54) is 44.9 Å². The summed E-state index contributed by atoms with van der Waals surface area (Å²) in [5.41, 5.74) is 0. The molecule has 0 radical (unpaired) electrons. The largest absolute Gasteiger partial charge is 0.394 e. The highest BCUT2D eigenvalue weighted by molar-refractivity contribution is 5.76. The van der Waals surface area contributed by atoms with Gasteiger partial charge in [-0.3, -0.25) is 4.79 Å². The van der Waals surface area contributed by atoms with E-state index in [1.54, 1.807) is 6.08 Å². The van der Waals surface area contributed by atoms with Crippen molar-refractivity contribution < 1.29 is 20.1 Å². The van der Waals surface area contributed by atoms with Gasteiger partial charge in [-0.2, -0.15) is 0 Å². The highest BCUT2D eigenvalue weighted by Gasteiger charge is 2.19. The second-order valence-electron chi connectivity index (χ2n) is 10.4. The van der Waals surface area contributed by atoms with Crippen LogP contribution in [0.1, 0.15) is 129 Å². The molecule has 0 bridgehead atoms. The van der Waals surface area contributed by atoms with E-state index in [9.17, 15) is 20.1 Å². The summed E-state index contributed by atoms with van der Waals surface area (Å²) in [6, 6.07) is -0.765. The summed E-state index contributed by atoms with van der Waals surface area (Å²) in [6.07, 6.45) is 33.7. The van der Waals surface area contributed by atoms with Gasteiger partial charge in [-0.05, 0) is 57.8 Å². The van der Waals surface area contributed by atoms with Gasteiger partial charge in [0.1, 0.15) is 0 Å². The van der Waals surface area contributed by atoms with E-state index in [4.69, 9.17) is 0 Å². The molecule has 0 aromatic heterocycles. The Morgan fingerprint density at radius 2 is 1.21 bits per heavy atom. The maximum atomic E-state index is 12.3. The third-order valence-electron chi connectivity index (χ3n) is 6.62. The minimum atomic E-state index is -0.954. The van der Waals surface area contributed by atoms with Gasteiger partial charge in [0.25, 0.3) is 0 Å². The molecule has 0 heterocycles. The average Bonchev–Trinajstić information content (AvgIpc) is 2.90. The van der Waals surface area contributed by atoms with Crippen molar-refractivity contribution in [3.05, 3.63) is 48.6 Å². The van der Waals surface area contributed by atoms with Crippen molar-refractivity contribution in [1.29, 1.82) is 0 Å². The number of hydrogen-bond acceptors (Lipinski definition) is 4. The fourth-order valence-electron chi connectivity index (χ4n) is 4.17. The smallest absolute Gasteiger partial charge is 0.222 e. The van der Waals surface area contributed by atoms with Gasteiger partial charge in [0.05, 0.1) is 31.3 Å². The third-order valence-corrected chi connectivity index (χ3v) is 6.62. The number of carbonyl (C=O) groups is 1. The van der Waals surface area contributed by atoms with E-state index < -0.39 is 18.2 Å². The molecule has 0 aliphatic rings. The molecule has 5 nitrogen and oxygen atoms in total. The second-order valence-corrected chi connectivity index (χ2v) is 10.4. The van der Waals surface area contributed by atoms with Crippen LogP contribution in [0.5, 0.6) is 0 Å². The Morgan fingerprint density at radius 1 is 0.684 bits per heavy atom. The lowest BCUT2D eigenvalue weighted by molar-refractivity contribution is -0.124. The summed E-state index contributed by atoms with van der Waals surface area (Å²) in [5, 5.41) is 32.7. The maximum absolute atomic E-state index is 12.3. The monoisotopic (exact) mass is 533 g/mol. The fourth-order valence-corrected chi connectivity index (χ4v) is 4.17. The van der Waals surface area contributed by atoms with Crippen molar-refractivity contribution in [3.8, 4) is 0 Å². The van der Waals surface area contributed by atoms with E-state index in [1.807, 2.05) is 6.08 Å². The number of aliphatic hydroxyl groups excluding tert-OH is 3. The first-order valence-corrected chi connectivity index (χ1v) is 15.4. The molecule has 0 aromatic carbocycles. The molecule has 3 unspecified atom stereocenters. The van der Waals surface area contributed by atoms with E-state index >= 15 is 0 Å². The number of aliphatic hydroxyl groups is 3. The van der Waals surface area contributed by atoms with Crippen molar-refractivity contribution in [2.75, 3.05) is 6.61 Å². The Kier molecular flexibility index (Phi) is 27.1. The lowest BCUT2D eigenvalue weighted by atomic mass is 10.0. The van der Waals surface area contributed by atoms with Gasteiger partial charge in [-0.1, -0.05) is 114 Å². The fraction of sp³-hybridized carbons (Fsp3) is 0.727. The second kappa shape index (κ2) is 28.3. The molecule has 0 fully saturated rings. The molecular weight excluding hydrogens is 474 g/mol. The van der Waals surface area contributed by atoms with Crippen molar-refractivity contribution >= 4 is 5.91 Å². The highest BCUT2D eigenvalue weighted by atomic mass is 16.3. The van der Waals surface area contributed by atoms with Gasteiger partial charge in [0.2, 0.25) is 5.91 Å². The summed E-state index contributed by atoms with van der Waals surface area (Å²) in [4.78, 5) is 12.3. The average molecular weight is 534 g/mol. The van der Waals surface area contributed by atoms with Crippen molar-refractivity contribution in [1.82, 2.24) is 5.32 Å². The molecule has 220 valence electrons. The summed E-state index contributed by atoms with van der Waals surface area (Å²) < 4.78 is 0. The lowest BCUT2D eigenvalue weighted by Gasteiger charge is -2.20. The predicted molar refractivity (Wildman–Crippen MR) is 162 cm³/mol. The molecule has 38 heavy (non-hydrogen) atoms. The highest BCUT2D eigenvalue weighted by Crippen LogP contribution is 2.11. The molecule has 0 aliphatic carbocycles. The molecule has 0 rings (SSSR count). The molecule has 0 aromatic rings. The lowest BCUT2D eigenvalue weighted by Crippen LogP contribution is -2.45. The van der Waals surface area contributed by atoms with Gasteiger partial charge in [0.15, 0.2) is 0 Å². The molecule has 0 saturated heterocycles. The molecule has 1 amide bonds. The van der Waals surface area contributed by atoms with Crippen LogP contribution < -0.4 is 5.32 Å². The Labute approximate surface area is 234 Å². The van der Waals surface area contributed by atoms with Crippen LogP contribution in [0.15, 0.2) is 48.6 Å². The van der Waals surface area contributed by atoms with Crippen molar-refractivity contribution in [2.24, 2.45) is 0 Å². The number of unbranched alkanes of at least 4 members (excludes halogenated alkanes) is 12. The zero-order valence-electron chi connectivity index (χ0n) is 24.5. The van der Waals surface area contributed by atoms with Crippen LogP contribution in [0.2, 0.25) is 0 Å². The van der Waals surface area contributed by atoms with E-state index in [-0.39, 0.29) is 18.9 Å². The molecule has 0 spiro atoms. The van der Waals surface area contributed by atoms with Gasteiger partial charge >= 0.3 is 0 Å². The van der Waals surface area contributed by atoms with Crippen LogP contribution in [0.25, 0.3) is 0 Å². The minimum absolute atomic E-state index is 0.0106. The number of allylic oxidation sites excluding steroid dienone is 7. The molecule has 3 atom stereocenters. The standard InChI is InChI=1S/C33H59NO4/c1-3-5-7-9-11-13-15-16-17-18-20-22-24-26-30(36)28-33(38)34-31(29-35)32(37)27-25-23-21-19-14-12-10-8-6-4-2/h11,13-16,19,25,27,30-32,35-37H,3-10,12,17-18,20-24,26,28-29H2,1-2H3,(H,34,38)/b13-11-,16-15-,19-14+,27-25+. The SMILES string of the molecule is CCCCC/C=C\C=C/CCCCCCC(O)CC(=O)NC(CO)C(O)/C=C/CC/C=C/CCCCCC. The van der Waals surface area contributed by atoms with Crippen molar-refractivity contribution in [2.45, 2.75) is 148 Å². The molecule has 0 aliphatic heterocycles. The number of rotatable bonds is 26. The molecule has 0 saturated carbocycles. The van der Waals surface area contributed by atoms with Crippen LogP contribution in [0, 0.1) is 0 Å². The first-order valence-electron chi connectivity index (χ1n) is 15.4. The predicted octanol–water partition coefficient (Wildman–Crippen LogP) is 7.47.